The summed E-state index contributed by atoms with van der Waals surface area (Å²) in [4.78, 5) is 42.3. The topological polar surface area (TPSA) is 82.9 Å². The van der Waals surface area contributed by atoms with Crippen LogP contribution >= 0.6 is 11.6 Å². The number of halogens is 1. The van der Waals surface area contributed by atoms with E-state index in [1.807, 2.05) is 0 Å². The molecule has 2 aliphatic heterocycles. The van der Waals surface area contributed by atoms with E-state index in [9.17, 15) is 14.4 Å². The monoisotopic (exact) mass is 443 g/mol. The lowest BCUT2D eigenvalue weighted by molar-refractivity contribution is -0.142. The number of rotatable bonds is 5. The predicted molar refractivity (Wildman–Crippen MR) is 115 cm³/mol. The molecule has 2 unspecified atom stereocenters. The lowest BCUT2D eigenvalue weighted by Gasteiger charge is -2.35. The van der Waals surface area contributed by atoms with Gasteiger partial charge in [0.15, 0.2) is 0 Å². The maximum atomic E-state index is 13.3. The van der Waals surface area contributed by atoms with Crippen LogP contribution in [-0.2, 0) is 16.1 Å². The van der Waals surface area contributed by atoms with Gasteiger partial charge in [0.25, 0.3) is 5.91 Å². The number of carbonyl (C=O) groups excluding carboxylic acids is 3. The van der Waals surface area contributed by atoms with Gasteiger partial charge in [-0.15, -0.1) is 0 Å². The molecule has 2 aromatic rings. The second-order valence-corrected chi connectivity index (χ2v) is 8.52. The molecular formula is C23H26ClN3O4. The van der Waals surface area contributed by atoms with Crippen LogP contribution in [0.4, 0.5) is 0 Å². The van der Waals surface area contributed by atoms with Crippen molar-refractivity contribution in [2.24, 2.45) is 5.92 Å². The molecule has 2 aliphatic rings. The molecule has 0 aliphatic carbocycles. The summed E-state index contributed by atoms with van der Waals surface area (Å²) in [5.74, 6) is 0.0936. The van der Waals surface area contributed by atoms with E-state index in [0.717, 1.165) is 19.3 Å². The molecule has 0 spiro atoms. The van der Waals surface area contributed by atoms with Crippen molar-refractivity contribution in [1.29, 1.82) is 0 Å². The summed E-state index contributed by atoms with van der Waals surface area (Å²) in [6.45, 7) is 1.87. The number of hydrogen-bond donors (Lipinski definition) is 1. The molecule has 1 N–H and O–H groups in total. The number of benzene rings is 1. The second kappa shape index (κ2) is 9.56. The molecule has 4 rings (SSSR count). The van der Waals surface area contributed by atoms with Gasteiger partial charge in [0, 0.05) is 30.2 Å². The van der Waals surface area contributed by atoms with Gasteiger partial charge in [-0.3, -0.25) is 14.4 Å². The first kappa shape index (κ1) is 21.4. The number of piperidine rings is 1. The molecule has 2 atom stereocenters. The van der Waals surface area contributed by atoms with Gasteiger partial charge in [0.1, 0.15) is 11.8 Å². The van der Waals surface area contributed by atoms with Crippen molar-refractivity contribution in [2.45, 2.75) is 38.3 Å². The second-order valence-electron chi connectivity index (χ2n) is 8.08. The minimum absolute atomic E-state index is 0.0377. The first-order valence-electron chi connectivity index (χ1n) is 10.7. The Kier molecular flexibility index (Phi) is 6.61. The van der Waals surface area contributed by atoms with Crippen LogP contribution in [0.2, 0.25) is 5.02 Å². The Hall–Kier alpha value is -2.80. The number of nitrogens with zero attached hydrogens (tertiary/aromatic N) is 2. The molecule has 3 heterocycles. The Balaban J connectivity index is 1.37. The van der Waals surface area contributed by atoms with Crippen LogP contribution in [0.1, 0.15) is 41.8 Å². The van der Waals surface area contributed by atoms with E-state index in [0.29, 0.717) is 48.9 Å². The van der Waals surface area contributed by atoms with Gasteiger partial charge in [0.05, 0.1) is 18.7 Å². The first-order valence-corrected chi connectivity index (χ1v) is 11.1. The summed E-state index contributed by atoms with van der Waals surface area (Å²) >= 11 is 5.92. The highest BCUT2D eigenvalue weighted by Crippen LogP contribution is 2.26. The number of amides is 3. The number of furan rings is 1. The largest absolute Gasteiger partial charge is 0.467 e. The Labute approximate surface area is 186 Å². The van der Waals surface area contributed by atoms with Crippen molar-refractivity contribution in [3.8, 4) is 0 Å². The summed E-state index contributed by atoms with van der Waals surface area (Å²) in [6.07, 6.45) is 4.49. The quantitative estimate of drug-likeness (QED) is 0.769. The van der Waals surface area contributed by atoms with Crippen molar-refractivity contribution in [1.82, 2.24) is 15.1 Å². The van der Waals surface area contributed by atoms with E-state index in [-0.39, 0.29) is 23.6 Å². The van der Waals surface area contributed by atoms with Gasteiger partial charge in [-0.05, 0) is 62.1 Å². The fourth-order valence-corrected chi connectivity index (χ4v) is 4.51. The average molecular weight is 444 g/mol. The molecule has 0 bridgehead atoms. The summed E-state index contributed by atoms with van der Waals surface area (Å²) in [5, 5.41) is 3.44. The third-order valence-electron chi connectivity index (χ3n) is 6.00. The molecule has 3 amide bonds. The Morgan fingerprint density at radius 1 is 1.06 bits per heavy atom. The predicted octanol–water partition coefficient (Wildman–Crippen LogP) is 3.09. The lowest BCUT2D eigenvalue weighted by atomic mass is 9.95. The molecule has 8 heteroatoms. The van der Waals surface area contributed by atoms with E-state index in [1.165, 1.54) is 0 Å². The van der Waals surface area contributed by atoms with Gasteiger partial charge in [0.2, 0.25) is 11.8 Å². The summed E-state index contributed by atoms with van der Waals surface area (Å²) < 4.78 is 5.25. The van der Waals surface area contributed by atoms with E-state index in [2.05, 4.69) is 5.32 Å². The zero-order valence-corrected chi connectivity index (χ0v) is 18.0. The van der Waals surface area contributed by atoms with Crippen LogP contribution < -0.4 is 5.32 Å². The van der Waals surface area contributed by atoms with Gasteiger partial charge in [-0.25, -0.2) is 0 Å². The van der Waals surface area contributed by atoms with Gasteiger partial charge < -0.3 is 19.5 Å². The molecule has 2 fully saturated rings. The summed E-state index contributed by atoms with van der Waals surface area (Å²) in [6, 6.07) is 9.89. The number of carbonyl (C=O) groups is 3. The molecule has 164 valence electrons. The summed E-state index contributed by atoms with van der Waals surface area (Å²) in [7, 11) is 0. The Morgan fingerprint density at radius 3 is 2.58 bits per heavy atom. The smallest absolute Gasteiger partial charge is 0.253 e. The number of likely N-dealkylation sites (tertiary alicyclic amines) is 2. The third kappa shape index (κ3) is 4.93. The number of nitrogens with one attached hydrogen (secondary N) is 1. The van der Waals surface area contributed by atoms with E-state index in [1.54, 1.807) is 52.5 Å². The molecule has 2 saturated heterocycles. The minimum Gasteiger partial charge on any atom is -0.467 e. The Bertz CT molecular complexity index is 929. The lowest BCUT2D eigenvalue weighted by Crippen LogP contribution is -2.51. The zero-order valence-electron chi connectivity index (χ0n) is 17.3. The maximum Gasteiger partial charge on any atom is 0.253 e. The van der Waals surface area contributed by atoms with E-state index in [4.69, 9.17) is 16.0 Å². The highest BCUT2D eigenvalue weighted by atomic mass is 35.5. The van der Waals surface area contributed by atoms with Crippen LogP contribution in [0.25, 0.3) is 0 Å². The van der Waals surface area contributed by atoms with E-state index < -0.39 is 6.04 Å². The van der Waals surface area contributed by atoms with Crippen LogP contribution in [0.15, 0.2) is 47.1 Å². The zero-order chi connectivity index (χ0) is 21.8. The van der Waals surface area contributed by atoms with Gasteiger partial charge in [-0.2, -0.15) is 0 Å². The van der Waals surface area contributed by atoms with Crippen LogP contribution in [0.5, 0.6) is 0 Å². The van der Waals surface area contributed by atoms with Gasteiger partial charge in [-0.1, -0.05) is 11.6 Å². The van der Waals surface area contributed by atoms with Crippen molar-refractivity contribution in [2.75, 3.05) is 19.6 Å². The average Bonchev–Trinajstić information content (AvgIpc) is 3.49. The highest BCUT2D eigenvalue weighted by Gasteiger charge is 2.39. The van der Waals surface area contributed by atoms with Crippen LogP contribution in [0.3, 0.4) is 0 Å². The third-order valence-corrected chi connectivity index (χ3v) is 6.26. The molecular weight excluding hydrogens is 418 g/mol. The maximum absolute atomic E-state index is 13.3. The SMILES string of the molecule is O=C(NCc1ccco1)C1CCCN1C(=O)C1CCCN(C(=O)c2ccc(Cl)cc2)C1. The fourth-order valence-electron chi connectivity index (χ4n) is 4.38. The molecule has 0 saturated carbocycles. The normalized spacial score (nSPS) is 21.2. The molecule has 1 aromatic heterocycles. The molecule has 0 radical (unpaired) electrons. The van der Waals surface area contributed by atoms with Crippen molar-refractivity contribution < 1.29 is 18.8 Å². The summed E-state index contributed by atoms with van der Waals surface area (Å²) in [5.41, 5.74) is 0.564. The number of hydrogen-bond acceptors (Lipinski definition) is 4. The van der Waals surface area contributed by atoms with Crippen LogP contribution in [-0.4, -0.2) is 53.2 Å². The van der Waals surface area contributed by atoms with Crippen molar-refractivity contribution in [3.05, 3.63) is 59.0 Å². The van der Waals surface area contributed by atoms with Gasteiger partial charge >= 0.3 is 0 Å². The van der Waals surface area contributed by atoms with E-state index >= 15 is 0 Å². The first-order chi connectivity index (χ1) is 15.0. The fraction of sp³-hybridized carbons (Fsp3) is 0.435. The van der Waals surface area contributed by atoms with Crippen molar-refractivity contribution in [3.63, 3.8) is 0 Å². The highest BCUT2D eigenvalue weighted by molar-refractivity contribution is 6.30. The molecule has 7 nitrogen and oxygen atoms in total. The molecule has 31 heavy (non-hydrogen) atoms. The molecule has 1 aromatic carbocycles. The van der Waals surface area contributed by atoms with Crippen LogP contribution in [0, 0.1) is 5.92 Å². The Morgan fingerprint density at radius 2 is 1.84 bits per heavy atom. The minimum atomic E-state index is -0.468. The standard InChI is InChI=1S/C23H26ClN3O4/c24-18-9-7-16(8-10-18)22(29)26-11-1-4-17(15-26)23(30)27-12-2-6-20(27)21(28)25-14-19-5-3-13-31-19/h3,5,7-10,13,17,20H,1-2,4,6,11-12,14-15H2,(H,25,28). The van der Waals surface area contributed by atoms with Crippen molar-refractivity contribution >= 4 is 29.3 Å².